The first-order valence-electron chi connectivity index (χ1n) is 5.50. The minimum absolute atomic E-state index is 0. The predicted molar refractivity (Wildman–Crippen MR) is 63.9 cm³/mol. The molecule has 0 N–H and O–H groups in total. The Kier molecular flexibility index (Phi) is 83.2. The Morgan fingerprint density at radius 1 is 0.417 bits per heavy atom. The lowest BCUT2D eigenvalue weighted by atomic mass is 10.4. The fourth-order valence-corrected chi connectivity index (χ4v) is 0.884. The summed E-state index contributed by atoms with van der Waals surface area (Å²) in [6, 6.07) is 0. The van der Waals surface area contributed by atoms with Crippen LogP contribution >= 0.6 is 0 Å². The van der Waals surface area contributed by atoms with Gasteiger partial charge in [-0.15, -0.1) is 0 Å². The highest BCUT2D eigenvalue weighted by molar-refractivity contribution is 4.51. The maximum absolute atomic E-state index is 2.00. The summed E-state index contributed by atoms with van der Waals surface area (Å²) in [5.41, 5.74) is 0. The zero-order valence-corrected chi connectivity index (χ0v) is 9.54. The number of hydrogen-bond donors (Lipinski definition) is 0. The molecule has 0 aromatic carbocycles. The molecule has 1 saturated carbocycles. The Bertz CT molecular complexity index is 11.6. The van der Waals surface area contributed by atoms with Gasteiger partial charge in [0.15, 0.2) is 0 Å². The van der Waals surface area contributed by atoms with Gasteiger partial charge in [0.2, 0.25) is 0 Å². The molecular weight excluding hydrogens is 144 g/mol. The van der Waals surface area contributed by atoms with Gasteiger partial charge in [0, 0.05) is 0 Å². The normalized spacial score (nSPS) is 11.5. The highest BCUT2D eigenvalue weighted by atomic mass is 14.0. The first kappa shape index (κ1) is 22.7. The molecule has 0 heterocycles. The van der Waals surface area contributed by atoms with Crippen LogP contribution in [0.1, 0.15) is 81.1 Å². The summed E-state index contributed by atoms with van der Waals surface area (Å²) in [7, 11) is 0. The van der Waals surface area contributed by atoms with Gasteiger partial charge in [-0.05, 0) is 0 Å². The van der Waals surface area contributed by atoms with E-state index in [-0.39, 0.29) is 7.43 Å². The minimum atomic E-state index is 0. The smallest absolute Gasteiger partial charge is 0.0533 e. The van der Waals surface area contributed by atoms with Crippen LogP contribution < -0.4 is 0 Å². The van der Waals surface area contributed by atoms with Gasteiger partial charge < -0.3 is 0 Å². The van der Waals surface area contributed by atoms with E-state index in [0.29, 0.717) is 0 Å². The Morgan fingerprint density at radius 3 is 0.583 bits per heavy atom. The average molecular weight is 176 g/mol. The van der Waals surface area contributed by atoms with Crippen LogP contribution in [0.5, 0.6) is 0 Å². The Hall–Kier alpha value is 0. The standard InChI is InChI=1S/C5H10.3C2H6.CH4/c1-2-4-5-3-1;3*1-2;/h1-5H2;3*1-2H3;1H4. The average Bonchev–Trinajstić information content (AvgIpc) is 2.71. The number of rotatable bonds is 0. The van der Waals surface area contributed by atoms with Gasteiger partial charge in [0.1, 0.15) is 0 Å². The molecule has 80 valence electrons. The summed E-state index contributed by atoms with van der Waals surface area (Å²) in [5.74, 6) is 0. The van der Waals surface area contributed by atoms with Crippen molar-refractivity contribution in [2.24, 2.45) is 0 Å². The van der Waals surface area contributed by atoms with E-state index in [1.54, 1.807) is 0 Å². The second-order valence-electron chi connectivity index (χ2n) is 1.77. The third-order valence-corrected chi connectivity index (χ3v) is 1.25. The Balaban J connectivity index is -0.0000000406. The van der Waals surface area contributed by atoms with E-state index in [1.165, 1.54) is 32.1 Å². The van der Waals surface area contributed by atoms with Crippen molar-refractivity contribution in [3.05, 3.63) is 0 Å². The molecule has 1 aliphatic carbocycles. The van der Waals surface area contributed by atoms with E-state index in [0.717, 1.165) is 0 Å². The van der Waals surface area contributed by atoms with E-state index < -0.39 is 0 Å². The van der Waals surface area contributed by atoms with Gasteiger partial charge in [0.25, 0.3) is 0 Å². The molecule has 0 aliphatic heterocycles. The highest BCUT2D eigenvalue weighted by Gasteiger charge is 1.95. The van der Waals surface area contributed by atoms with E-state index in [2.05, 4.69) is 0 Å². The minimum Gasteiger partial charge on any atom is -0.0776 e. The van der Waals surface area contributed by atoms with Gasteiger partial charge in [-0.3, -0.25) is 0 Å². The molecule has 0 amide bonds. The molecule has 1 aliphatic rings. The highest BCUT2D eigenvalue weighted by Crippen LogP contribution is 2.15. The van der Waals surface area contributed by atoms with Crippen molar-refractivity contribution in [2.75, 3.05) is 0 Å². The first-order chi connectivity index (χ1) is 5.50. The fourth-order valence-electron chi connectivity index (χ4n) is 0.884. The summed E-state index contributed by atoms with van der Waals surface area (Å²) in [4.78, 5) is 0. The molecule has 0 heteroatoms. The molecule has 0 bridgehead atoms. The Labute approximate surface area is 81.8 Å². The van der Waals surface area contributed by atoms with E-state index >= 15 is 0 Å². The zero-order chi connectivity index (χ0) is 9.54. The van der Waals surface area contributed by atoms with Crippen LogP contribution in [0.4, 0.5) is 0 Å². The summed E-state index contributed by atoms with van der Waals surface area (Å²) in [5, 5.41) is 0. The molecule has 0 saturated heterocycles. The summed E-state index contributed by atoms with van der Waals surface area (Å²) in [6.45, 7) is 12.0. The van der Waals surface area contributed by atoms with Crippen molar-refractivity contribution in [3.63, 3.8) is 0 Å². The van der Waals surface area contributed by atoms with Gasteiger partial charge in [-0.2, -0.15) is 0 Å². The Morgan fingerprint density at radius 2 is 0.500 bits per heavy atom. The molecule has 0 aromatic rings. The van der Waals surface area contributed by atoms with Gasteiger partial charge in [0.05, 0.1) is 0 Å². The van der Waals surface area contributed by atoms with Crippen molar-refractivity contribution in [3.8, 4) is 0 Å². The van der Waals surface area contributed by atoms with Crippen LogP contribution in [0, 0.1) is 0 Å². The quantitative estimate of drug-likeness (QED) is 0.446. The predicted octanol–water partition coefficient (Wildman–Crippen LogP) is 5.67. The maximum Gasteiger partial charge on any atom is -0.0533 e. The molecule has 1 fully saturated rings. The lowest BCUT2D eigenvalue weighted by Gasteiger charge is -1.67. The molecule has 0 radical (unpaired) electrons. The van der Waals surface area contributed by atoms with E-state index in [9.17, 15) is 0 Å². The second-order valence-corrected chi connectivity index (χ2v) is 1.77. The van der Waals surface area contributed by atoms with Crippen LogP contribution in [0.2, 0.25) is 0 Å². The number of hydrogen-bond acceptors (Lipinski definition) is 0. The lowest BCUT2D eigenvalue weighted by Crippen LogP contribution is -1.47. The zero-order valence-electron chi connectivity index (χ0n) is 9.54. The van der Waals surface area contributed by atoms with Crippen molar-refractivity contribution in [1.29, 1.82) is 0 Å². The van der Waals surface area contributed by atoms with E-state index in [4.69, 9.17) is 0 Å². The first-order valence-corrected chi connectivity index (χ1v) is 5.50. The van der Waals surface area contributed by atoms with Crippen LogP contribution in [-0.2, 0) is 0 Å². The third-order valence-electron chi connectivity index (χ3n) is 1.25. The second kappa shape index (κ2) is 44.0. The largest absolute Gasteiger partial charge is 0.0776 e. The molecule has 0 aromatic heterocycles. The van der Waals surface area contributed by atoms with Crippen LogP contribution in [0.25, 0.3) is 0 Å². The molecule has 0 unspecified atom stereocenters. The SMILES string of the molecule is C.C1CCCC1.CC.CC.CC. The molecular formula is C12H32. The molecule has 0 nitrogen and oxygen atoms in total. The van der Waals surface area contributed by atoms with Crippen LogP contribution in [0.3, 0.4) is 0 Å². The van der Waals surface area contributed by atoms with Crippen molar-refractivity contribution < 1.29 is 0 Å². The monoisotopic (exact) mass is 176 g/mol. The van der Waals surface area contributed by atoms with Gasteiger partial charge in [-0.25, -0.2) is 0 Å². The third kappa shape index (κ3) is 32.4. The summed E-state index contributed by atoms with van der Waals surface area (Å²) >= 11 is 0. The topological polar surface area (TPSA) is 0 Å². The summed E-state index contributed by atoms with van der Waals surface area (Å²) < 4.78 is 0. The molecule has 0 atom stereocenters. The molecule has 12 heavy (non-hydrogen) atoms. The van der Waals surface area contributed by atoms with Gasteiger partial charge >= 0.3 is 0 Å². The van der Waals surface area contributed by atoms with Crippen LogP contribution in [0.15, 0.2) is 0 Å². The lowest BCUT2D eigenvalue weighted by molar-refractivity contribution is 0.886. The van der Waals surface area contributed by atoms with Crippen molar-refractivity contribution >= 4 is 0 Å². The summed E-state index contributed by atoms with van der Waals surface area (Å²) in [6.07, 6.45) is 7.50. The van der Waals surface area contributed by atoms with Crippen molar-refractivity contribution in [1.82, 2.24) is 0 Å². The van der Waals surface area contributed by atoms with E-state index in [1.807, 2.05) is 41.5 Å². The fraction of sp³-hybridized carbons (Fsp3) is 1.00. The molecule has 1 rings (SSSR count). The molecule has 0 spiro atoms. The van der Waals surface area contributed by atoms with Crippen LogP contribution in [-0.4, -0.2) is 0 Å². The van der Waals surface area contributed by atoms with Crippen molar-refractivity contribution in [2.45, 2.75) is 81.1 Å². The van der Waals surface area contributed by atoms with Gasteiger partial charge in [-0.1, -0.05) is 81.1 Å². The maximum atomic E-state index is 2.00.